The fraction of sp³-hybridized carbons (Fsp3) is 0.667. The van der Waals surface area contributed by atoms with E-state index >= 15 is 0 Å². The molecule has 2 aliphatic heterocycles. The van der Waals surface area contributed by atoms with E-state index in [-0.39, 0.29) is 0 Å². The number of aryl methyl sites for hydroxylation is 1. The normalized spacial score (nSPS) is 25.2. The van der Waals surface area contributed by atoms with Crippen molar-refractivity contribution in [2.75, 3.05) is 38.1 Å². The summed E-state index contributed by atoms with van der Waals surface area (Å²) in [6, 6.07) is 10.3. The molecule has 3 nitrogen and oxygen atoms in total. The number of rotatable bonds is 3. The zero-order chi connectivity index (χ0) is 14.7. The van der Waals surface area contributed by atoms with E-state index < -0.39 is 0 Å². The number of nitrogens with zero attached hydrogens (tertiary/aromatic N) is 2. The van der Waals surface area contributed by atoms with Gasteiger partial charge in [-0.15, -0.1) is 0 Å². The van der Waals surface area contributed by atoms with Crippen molar-refractivity contribution in [3.8, 4) is 0 Å². The van der Waals surface area contributed by atoms with Crippen molar-refractivity contribution in [3.63, 3.8) is 0 Å². The van der Waals surface area contributed by atoms with Crippen molar-refractivity contribution in [1.29, 1.82) is 0 Å². The lowest BCUT2D eigenvalue weighted by atomic mass is 10.00. The van der Waals surface area contributed by atoms with Crippen LogP contribution in [0.5, 0.6) is 0 Å². The van der Waals surface area contributed by atoms with Gasteiger partial charge < -0.3 is 15.1 Å². The summed E-state index contributed by atoms with van der Waals surface area (Å²) in [5, 5.41) is 3.90. The van der Waals surface area contributed by atoms with Crippen molar-refractivity contribution < 1.29 is 0 Å². The number of anilines is 1. The second-order valence-electron chi connectivity index (χ2n) is 6.87. The lowest BCUT2D eigenvalue weighted by Crippen LogP contribution is -2.51. The van der Waals surface area contributed by atoms with E-state index in [1.807, 2.05) is 0 Å². The standard InChI is InChI=1S/C18H29N3/c1-15-5-3-7-18(13-15)21-11-8-16(9-12-21)19-17-6-4-10-20(2)14-17/h3,5,7,13,16-17,19H,4,6,8-12,14H2,1-2H3/t17-/m1/s1. The van der Waals surface area contributed by atoms with Gasteiger partial charge >= 0.3 is 0 Å². The Morgan fingerprint density at radius 3 is 2.57 bits per heavy atom. The highest BCUT2D eigenvalue weighted by atomic mass is 15.2. The Hall–Kier alpha value is -1.06. The van der Waals surface area contributed by atoms with Crippen LogP contribution >= 0.6 is 0 Å². The summed E-state index contributed by atoms with van der Waals surface area (Å²) in [6.45, 7) is 7.03. The van der Waals surface area contributed by atoms with Crippen LogP contribution in [-0.4, -0.2) is 50.2 Å². The molecule has 3 rings (SSSR count). The predicted octanol–water partition coefficient (Wildman–Crippen LogP) is 2.65. The van der Waals surface area contributed by atoms with Gasteiger partial charge in [-0.05, 0) is 63.9 Å². The second kappa shape index (κ2) is 6.80. The van der Waals surface area contributed by atoms with Crippen molar-refractivity contribution >= 4 is 5.69 Å². The molecule has 1 aromatic rings. The minimum atomic E-state index is 0.708. The van der Waals surface area contributed by atoms with E-state index in [0.29, 0.717) is 12.1 Å². The van der Waals surface area contributed by atoms with Crippen LogP contribution in [0.4, 0.5) is 5.69 Å². The van der Waals surface area contributed by atoms with Crippen molar-refractivity contribution in [2.45, 2.75) is 44.7 Å². The maximum Gasteiger partial charge on any atom is 0.0368 e. The molecule has 21 heavy (non-hydrogen) atoms. The average Bonchev–Trinajstić information content (AvgIpc) is 2.48. The number of likely N-dealkylation sites (N-methyl/N-ethyl adjacent to an activating group) is 1. The Labute approximate surface area is 129 Å². The lowest BCUT2D eigenvalue weighted by molar-refractivity contribution is 0.209. The second-order valence-corrected chi connectivity index (χ2v) is 6.87. The Kier molecular flexibility index (Phi) is 4.81. The van der Waals surface area contributed by atoms with Gasteiger partial charge in [0, 0.05) is 37.4 Å². The first-order chi connectivity index (χ1) is 10.2. The van der Waals surface area contributed by atoms with Gasteiger partial charge in [0.1, 0.15) is 0 Å². The largest absolute Gasteiger partial charge is 0.371 e. The summed E-state index contributed by atoms with van der Waals surface area (Å²) in [5.41, 5.74) is 2.75. The van der Waals surface area contributed by atoms with Gasteiger partial charge in [0.25, 0.3) is 0 Å². The SMILES string of the molecule is Cc1cccc(N2CCC(N[C@@H]3CCCN(C)C3)CC2)c1. The quantitative estimate of drug-likeness (QED) is 0.922. The van der Waals surface area contributed by atoms with Crippen LogP contribution < -0.4 is 10.2 Å². The molecular formula is C18H29N3. The highest BCUT2D eigenvalue weighted by Crippen LogP contribution is 2.21. The lowest BCUT2D eigenvalue weighted by Gasteiger charge is -2.38. The Bertz CT molecular complexity index is 452. The smallest absolute Gasteiger partial charge is 0.0368 e. The molecule has 1 atom stereocenters. The third kappa shape index (κ3) is 3.98. The number of piperidine rings is 2. The zero-order valence-electron chi connectivity index (χ0n) is 13.5. The number of hydrogen-bond donors (Lipinski definition) is 1. The molecule has 116 valence electrons. The van der Waals surface area contributed by atoms with Crippen LogP contribution in [-0.2, 0) is 0 Å². The topological polar surface area (TPSA) is 18.5 Å². The highest BCUT2D eigenvalue weighted by Gasteiger charge is 2.24. The molecule has 2 heterocycles. The Morgan fingerprint density at radius 2 is 1.86 bits per heavy atom. The predicted molar refractivity (Wildman–Crippen MR) is 90.1 cm³/mol. The molecule has 0 bridgehead atoms. The Balaban J connectivity index is 1.48. The summed E-state index contributed by atoms with van der Waals surface area (Å²) in [4.78, 5) is 5.00. The van der Waals surface area contributed by atoms with Gasteiger partial charge in [-0.25, -0.2) is 0 Å². The van der Waals surface area contributed by atoms with Gasteiger partial charge in [0.15, 0.2) is 0 Å². The van der Waals surface area contributed by atoms with E-state index in [0.717, 1.165) is 0 Å². The minimum Gasteiger partial charge on any atom is -0.371 e. The molecule has 2 saturated heterocycles. The van der Waals surface area contributed by atoms with E-state index in [9.17, 15) is 0 Å². The van der Waals surface area contributed by atoms with Crippen LogP contribution in [0.25, 0.3) is 0 Å². The highest BCUT2D eigenvalue weighted by molar-refractivity contribution is 5.48. The molecule has 0 aromatic heterocycles. The number of hydrogen-bond acceptors (Lipinski definition) is 3. The van der Waals surface area contributed by atoms with Crippen LogP contribution in [0.15, 0.2) is 24.3 Å². The summed E-state index contributed by atoms with van der Waals surface area (Å²) < 4.78 is 0. The number of likely N-dealkylation sites (tertiary alicyclic amines) is 1. The first-order valence-electron chi connectivity index (χ1n) is 8.47. The van der Waals surface area contributed by atoms with Crippen molar-refractivity contribution in [2.24, 2.45) is 0 Å². The van der Waals surface area contributed by atoms with E-state index in [1.165, 1.54) is 63.1 Å². The molecule has 3 heteroatoms. The van der Waals surface area contributed by atoms with Crippen LogP contribution in [0.2, 0.25) is 0 Å². The molecule has 1 N–H and O–H groups in total. The van der Waals surface area contributed by atoms with Crippen LogP contribution in [0.1, 0.15) is 31.2 Å². The van der Waals surface area contributed by atoms with Crippen LogP contribution in [0, 0.1) is 6.92 Å². The van der Waals surface area contributed by atoms with Crippen LogP contribution in [0.3, 0.4) is 0 Å². The van der Waals surface area contributed by atoms with Gasteiger partial charge in [-0.1, -0.05) is 12.1 Å². The van der Waals surface area contributed by atoms with Gasteiger partial charge in [0.05, 0.1) is 0 Å². The molecule has 0 aliphatic carbocycles. The van der Waals surface area contributed by atoms with Crippen molar-refractivity contribution in [1.82, 2.24) is 10.2 Å². The van der Waals surface area contributed by atoms with Gasteiger partial charge in [0.2, 0.25) is 0 Å². The fourth-order valence-electron chi connectivity index (χ4n) is 3.76. The van der Waals surface area contributed by atoms with E-state index in [2.05, 4.69) is 53.4 Å². The van der Waals surface area contributed by atoms with Crippen molar-refractivity contribution in [3.05, 3.63) is 29.8 Å². The summed E-state index contributed by atoms with van der Waals surface area (Å²) >= 11 is 0. The molecule has 2 fully saturated rings. The fourth-order valence-corrected chi connectivity index (χ4v) is 3.76. The monoisotopic (exact) mass is 287 g/mol. The first-order valence-corrected chi connectivity index (χ1v) is 8.47. The molecule has 0 saturated carbocycles. The third-order valence-corrected chi connectivity index (χ3v) is 4.96. The number of nitrogens with one attached hydrogen (secondary N) is 1. The van der Waals surface area contributed by atoms with Gasteiger partial charge in [-0.2, -0.15) is 0 Å². The van der Waals surface area contributed by atoms with E-state index in [4.69, 9.17) is 0 Å². The molecule has 0 spiro atoms. The molecule has 0 unspecified atom stereocenters. The molecule has 1 aromatic carbocycles. The molecule has 0 amide bonds. The molecule has 0 radical (unpaired) electrons. The summed E-state index contributed by atoms with van der Waals surface area (Å²) in [7, 11) is 2.24. The first kappa shape index (κ1) is 14.9. The molecule has 2 aliphatic rings. The van der Waals surface area contributed by atoms with E-state index in [1.54, 1.807) is 0 Å². The molecular weight excluding hydrogens is 258 g/mol. The van der Waals surface area contributed by atoms with Gasteiger partial charge in [-0.3, -0.25) is 0 Å². The zero-order valence-corrected chi connectivity index (χ0v) is 13.5. The minimum absolute atomic E-state index is 0.708. The third-order valence-electron chi connectivity index (χ3n) is 4.96. The maximum absolute atomic E-state index is 3.90. The average molecular weight is 287 g/mol. The summed E-state index contributed by atoms with van der Waals surface area (Å²) in [6.07, 6.45) is 5.24. The number of benzene rings is 1. The summed E-state index contributed by atoms with van der Waals surface area (Å²) in [5.74, 6) is 0. The Morgan fingerprint density at radius 1 is 1.05 bits per heavy atom. The maximum atomic E-state index is 3.90.